The van der Waals surface area contributed by atoms with E-state index in [1.807, 2.05) is 0 Å². The van der Waals surface area contributed by atoms with Crippen molar-refractivity contribution < 1.29 is 9.50 Å². The second-order valence-electron chi connectivity index (χ2n) is 0.962. The highest BCUT2D eigenvalue weighted by Gasteiger charge is 1.95. The minimum absolute atomic E-state index is 0.323. The largest absolute Gasteiger partial charge is 0.390 e. The molecule has 1 nitrogen and oxygen atoms in total. The highest BCUT2D eigenvalue weighted by atomic mass is 79.9. The van der Waals surface area contributed by atoms with Crippen LogP contribution < -0.4 is 0 Å². The summed E-state index contributed by atoms with van der Waals surface area (Å²) in [5, 5.41) is 8.57. The lowest BCUT2D eigenvalue weighted by Crippen LogP contribution is -2.08. The first-order valence-corrected chi connectivity index (χ1v) is 2.73. The fourth-order valence-corrected chi connectivity index (χ4v) is 0.214. The number of halogens is 2. The van der Waals surface area contributed by atoms with Crippen LogP contribution in [0.25, 0.3) is 0 Å². The van der Waals surface area contributed by atoms with Crippen LogP contribution in [0.2, 0.25) is 0 Å². The number of hydrogen-bond donors (Lipinski definition) is 1. The molecule has 0 heterocycles. The molecule has 0 bridgehead atoms. The third kappa shape index (κ3) is 2.60. The van der Waals surface area contributed by atoms with E-state index in [-0.39, 0.29) is 0 Å². The van der Waals surface area contributed by atoms with E-state index in [0.29, 0.717) is 5.33 Å². The molecule has 0 radical (unpaired) electrons. The molecule has 0 amide bonds. The van der Waals surface area contributed by atoms with Gasteiger partial charge in [0.1, 0.15) is 6.67 Å². The molecule has 0 aromatic carbocycles. The normalized spacial score (nSPS) is 14.5. The van der Waals surface area contributed by atoms with Crippen LogP contribution in [0, 0.1) is 0 Å². The summed E-state index contributed by atoms with van der Waals surface area (Å²) < 4.78 is 11.1. The third-order valence-corrected chi connectivity index (χ3v) is 1.10. The van der Waals surface area contributed by atoms with E-state index in [1.165, 1.54) is 0 Å². The third-order valence-electron chi connectivity index (χ3n) is 0.356. The van der Waals surface area contributed by atoms with Gasteiger partial charge in [0.25, 0.3) is 0 Å². The number of aliphatic hydroxyl groups excluding tert-OH is 1. The van der Waals surface area contributed by atoms with Gasteiger partial charge in [-0.1, -0.05) is 15.9 Å². The molecule has 0 saturated heterocycles. The number of alkyl halides is 2. The zero-order valence-corrected chi connectivity index (χ0v) is 4.78. The van der Waals surface area contributed by atoms with Gasteiger partial charge in [-0.15, -0.1) is 0 Å². The van der Waals surface area contributed by atoms with E-state index in [2.05, 4.69) is 15.9 Å². The highest BCUT2D eigenvalue weighted by molar-refractivity contribution is 9.09. The summed E-state index contributed by atoms with van der Waals surface area (Å²) in [6, 6.07) is 0. The van der Waals surface area contributed by atoms with Gasteiger partial charge in [-0.25, -0.2) is 4.39 Å². The molecular formula is C3H6BrFO. The van der Waals surface area contributed by atoms with Crippen molar-refractivity contribution in [2.75, 3.05) is 12.0 Å². The van der Waals surface area contributed by atoms with Crippen molar-refractivity contribution in [3.63, 3.8) is 0 Å². The molecule has 0 aliphatic rings. The average Bonchev–Trinajstić information content (AvgIpc) is 1.65. The molecule has 0 aromatic rings. The van der Waals surface area contributed by atoms with Crippen molar-refractivity contribution >= 4 is 15.9 Å². The number of hydrogen-bond acceptors (Lipinski definition) is 1. The van der Waals surface area contributed by atoms with Crippen LogP contribution in [0.1, 0.15) is 0 Å². The molecule has 0 aromatic heterocycles. The smallest absolute Gasteiger partial charge is 0.116 e. The molecule has 3 heteroatoms. The summed E-state index contributed by atoms with van der Waals surface area (Å²) in [7, 11) is 0. The van der Waals surface area contributed by atoms with Crippen LogP contribution in [0.5, 0.6) is 0 Å². The summed E-state index contributed by atoms with van der Waals surface area (Å²) in [6.45, 7) is -0.661. The Morgan fingerprint density at radius 3 is 2.33 bits per heavy atom. The van der Waals surface area contributed by atoms with Crippen molar-refractivity contribution in [2.24, 2.45) is 0 Å². The SMILES string of the molecule is OC(CF)CBr. The quantitative estimate of drug-likeness (QED) is 0.585. The maximum Gasteiger partial charge on any atom is 0.116 e. The predicted molar refractivity (Wildman–Crippen MR) is 25.8 cm³/mol. The Hall–Kier alpha value is 0.370. The Kier molecular flexibility index (Phi) is 3.78. The van der Waals surface area contributed by atoms with Gasteiger partial charge in [0, 0.05) is 5.33 Å². The van der Waals surface area contributed by atoms with E-state index >= 15 is 0 Å². The Labute approximate surface area is 44.3 Å². The minimum Gasteiger partial charge on any atom is -0.390 e. The molecule has 1 N–H and O–H groups in total. The molecule has 0 aliphatic carbocycles. The fourth-order valence-electron chi connectivity index (χ4n) is 0.0412. The molecule has 1 unspecified atom stereocenters. The minimum atomic E-state index is -0.815. The lowest BCUT2D eigenvalue weighted by atomic mass is 10.5. The van der Waals surface area contributed by atoms with Gasteiger partial charge in [0.05, 0.1) is 6.10 Å². The number of aliphatic hydroxyl groups is 1. The van der Waals surface area contributed by atoms with E-state index in [1.54, 1.807) is 0 Å². The second kappa shape index (κ2) is 3.56. The van der Waals surface area contributed by atoms with Gasteiger partial charge in [0.15, 0.2) is 0 Å². The molecule has 1 atom stereocenters. The van der Waals surface area contributed by atoms with E-state index in [0.717, 1.165) is 0 Å². The lowest BCUT2D eigenvalue weighted by molar-refractivity contribution is 0.163. The molecule has 0 fully saturated rings. The summed E-state index contributed by atoms with van der Waals surface area (Å²) in [4.78, 5) is 0. The number of rotatable bonds is 2. The zero-order valence-electron chi connectivity index (χ0n) is 3.19. The van der Waals surface area contributed by atoms with Gasteiger partial charge in [-0.3, -0.25) is 0 Å². The van der Waals surface area contributed by atoms with Gasteiger partial charge < -0.3 is 5.11 Å². The molecular weight excluding hydrogens is 151 g/mol. The van der Waals surface area contributed by atoms with Crippen LogP contribution in [-0.2, 0) is 0 Å². The van der Waals surface area contributed by atoms with Gasteiger partial charge in [-0.2, -0.15) is 0 Å². The van der Waals surface area contributed by atoms with Gasteiger partial charge >= 0.3 is 0 Å². The molecule has 6 heavy (non-hydrogen) atoms. The standard InChI is InChI=1S/C3H6BrFO/c4-1-3(6)2-5/h3,6H,1-2H2. The predicted octanol–water partition coefficient (Wildman–Crippen LogP) is 0.712. The first-order chi connectivity index (χ1) is 2.81. The molecule has 0 rings (SSSR count). The van der Waals surface area contributed by atoms with Crippen molar-refractivity contribution in [2.45, 2.75) is 6.10 Å². The topological polar surface area (TPSA) is 20.2 Å². The molecule has 0 spiro atoms. The summed E-state index contributed by atoms with van der Waals surface area (Å²) in [5.74, 6) is 0. The second-order valence-corrected chi connectivity index (χ2v) is 1.61. The van der Waals surface area contributed by atoms with Gasteiger partial charge in [-0.05, 0) is 0 Å². The van der Waals surface area contributed by atoms with E-state index in [4.69, 9.17) is 5.11 Å². The lowest BCUT2D eigenvalue weighted by Gasteiger charge is -1.94. The Balaban J connectivity index is 2.75. The van der Waals surface area contributed by atoms with Crippen molar-refractivity contribution in [1.29, 1.82) is 0 Å². The van der Waals surface area contributed by atoms with Crippen LogP contribution >= 0.6 is 15.9 Å². The Morgan fingerprint density at radius 1 is 1.83 bits per heavy atom. The monoisotopic (exact) mass is 156 g/mol. The maximum absolute atomic E-state index is 11.1. The Morgan fingerprint density at radius 2 is 2.33 bits per heavy atom. The van der Waals surface area contributed by atoms with Crippen LogP contribution in [-0.4, -0.2) is 23.2 Å². The first kappa shape index (κ1) is 6.37. The summed E-state index contributed by atoms with van der Waals surface area (Å²) in [6.07, 6.45) is -0.815. The van der Waals surface area contributed by atoms with E-state index in [9.17, 15) is 4.39 Å². The van der Waals surface area contributed by atoms with Gasteiger partial charge in [0.2, 0.25) is 0 Å². The Bertz CT molecular complexity index is 30.0. The van der Waals surface area contributed by atoms with Crippen LogP contribution in [0.4, 0.5) is 4.39 Å². The first-order valence-electron chi connectivity index (χ1n) is 1.61. The maximum atomic E-state index is 11.1. The average molecular weight is 157 g/mol. The summed E-state index contributed by atoms with van der Waals surface area (Å²) in [5.41, 5.74) is 0. The zero-order chi connectivity index (χ0) is 4.99. The van der Waals surface area contributed by atoms with Crippen molar-refractivity contribution in [3.8, 4) is 0 Å². The fraction of sp³-hybridized carbons (Fsp3) is 1.00. The highest BCUT2D eigenvalue weighted by Crippen LogP contribution is 1.88. The van der Waals surface area contributed by atoms with Crippen LogP contribution in [0.15, 0.2) is 0 Å². The molecule has 0 saturated carbocycles. The molecule has 0 aliphatic heterocycles. The molecule has 38 valence electrons. The van der Waals surface area contributed by atoms with Crippen molar-refractivity contribution in [3.05, 3.63) is 0 Å². The summed E-state index contributed by atoms with van der Waals surface area (Å²) >= 11 is 2.88. The van der Waals surface area contributed by atoms with E-state index < -0.39 is 12.8 Å². The van der Waals surface area contributed by atoms with Crippen LogP contribution in [0.3, 0.4) is 0 Å². The van der Waals surface area contributed by atoms with Crippen molar-refractivity contribution in [1.82, 2.24) is 0 Å².